The number of benzene rings is 1. The number of carbonyl (C=O) groups excluding carboxylic acids is 2. The van der Waals surface area contributed by atoms with Crippen molar-refractivity contribution in [2.75, 3.05) is 18.4 Å². The molecule has 6 heteroatoms. The van der Waals surface area contributed by atoms with E-state index in [1.165, 1.54) is 0 Å². The summed E-state index contributed by atoms with van der Waals surface area (Å²) in [4.78, 5) is 36.4. The third-order valence-corrected chi connectivity index (χ3v) is 4.20. The van der Waals surface area contributed by atoms with Crippen LogP contribution in [0.5, 0.6) is 0 Å². The predicted molar refractivity (Wildman–Crippen MR) is 86.1 cm³/mol. The Labute approximate surface area is 135 Å². The largest absolute Gasteiger partial charge is 0.481 e. The molecular formula is C17H22N2O4. The van der Waals surface area contributed by atoms with Gasteiger partial charge < -0.3 is 20.1 Å². The van der Waals surface area contributed by atoms with Crippen LogP contribution in [0.25, 0.3) is 0 Å². The predicted octanol–water partition coefficient (Wildman–Crippen LogP) is 2.07. The molecule has 0 bridgehead atoms. The smallest absolute Gasteiger partial charge is 0.303 e. The summed E-state index contributed by atoms with van der Waals surface area (Å²) in [5.74, 6) is -1.53. The topological polar surface area (TPSA) is 86.7 Å². The lowest BCUT2D eigenvalue weighted by Crippen LogP contribution is -2.39. The van der Waals surface area contributed by atoms with Crippen LogP contribution in [-0.4, -0.2) is 41.3 Å². The van der Waals surface area contributed by atoms with Gasteiger partial charge in [0.25, 0.3) is 0 Å². The molecule has 2 atom stereocenters. The number of fused-ring (bicyclic) bond motifs is 1. The van der Waals surface area contributed by atoms with Crippen LogP contribution in [0.3, 0.4) is 0 Å². The molecule has 1 aliphatic heterocycles. The Balaban J connectivity index is 2.35. The molecule has 1 heterocycles. The van der Waals surface area contributed by atoms with Gasteiger partial charge in [-0.25, -0.2) is 0 Å². The van der Waals surface area contributed by atoms with E-state index in [2.05, 4.69) is 5.32 Å². The zero-order valence-corrected chi connectivity index (χ0v) is 13.2. The first-order chi connectivity index (χ1) is 11.1. The first-order valence-electron chi connectivity index (χ1n) is 7.87. The van der Waals surface area contributed by atoms with Gasteiger partial charge in [-0.3, -0.25) is 9.59 Å². The number of aldehydes is 1. The molecule has 23 heavy (non-hydrogen) atoms. The zero-order chi connectivity index (χ0) is 16.8. The summed E-state index contributed by atoms with van der Waals surface area (Å²) in [6, 6.07) is 7.29. The quantitative estimate of drug-likeness (QED) is 0.784. The molecule has 0 aliphatic carbocycles. The average molecular weight is 318 g/mol. The summed E-state index contributed by atoms with van der Waals surface area (Å²) < 4.78 is 0. The number of carboxylic acids is 1. The number of para-hydroxylation sites is 1. The van der Waals surface area contributed by atoms with Gasteiger partial charge in [-0.05, 0) is 25.0 Å². The van der Waals surface area contributed by atoms with E-state index in [9.17, 15) is 14.4 Å². The van der Waals surface area contributed by atoms with E-state index in [4.69, 9.17) is 5.11 Å². The van der Waals surface area contributed by atoms with E-state index < -0.39 is 5.97 Å². The fraction of sp³-hybridized carbons (Fsp3) is 0.471. The van der Waals surface area contributed by atoms with E-state index in [1.807, 2.05) is 31.2 Å². The number of nitrogens with zero attached hydrogens (tertiary/aromatic N) is 1. The molecule has 0 saturated heterocycles. The number of amides is 1. The number of anilines is 1. The van der Waals surface area contributed by atoms with Crippen LogP contribution in [-0.2, 0) is 14.4 Å². The number of nitrogens with one attached hydrogen (secondary N) is 1. The molecule has 6 nitrogen and oxygen atoms in total. The molecule has 2 unspecified atom stereocenters. The molecule has 1 aromatic rings. The van der Waals surface area contributed by atoms with E-state index in [0.29, 0.717) is 19.5 Å². The lowest BCUT2D eigenvalue weighted by Gasteiger charge is -2.34. The zero-order valence-electron chi connectivity index (χ0n) is 13.2. The maximum Gasteiger partial charge on any atom is 0.303 e. The molecule has 2 N–H and O–H groups in total. The van der Waals surface area contributed by atoms with Crippen LogP contribution in [0.2, 0.25) is 0 Å². The Bertz CT molecular complexity index is 588. The Morgan fingerprint density at radius 3 is 2.74 bits per heavy atom. The van der Waals surface area contributed by atoms with Crippen LogP contribution >= 0.6 is 0 Å². The molecule has 0 radical (unpaired) electrons. The van der Waals surface area contributed by atoms with Crippen molar-refractivity contribution in [1.82, 2.24) is 4.90 Å². The van der Waals surface area contributed by atoms with E-state index >= 15 is 0 Å². The molecule has 2 rings (SSSR count). The number of hydrogen-bond donors (Lipinski definition) is 2. The summed E-state index contributed by atoms with van der Waals surface area (Å²) in [5.41, 5.74) is 1.83. The van der Waals surface area contributed by atoms with Crippen molar-refractivity contribution in [3.8, 4) is 0 Å². The normalized spacial score (nSPS) is 19.9. The van der Waals surface area contributed by atoms with Crippen molar-refractivity contribution in [1.29, 1.82) is 0 Å². The first-order valence-corrected chi connectivity index (χ1v) is 7.87. The van der Waals surface area contributed by atoms with Crippen molar-refractivity contribution >= 4 is 23.9 Å². The first kappa shape index (κ1) is 17.0. The Kier molecular flexibility index (Phi) is 5.73. The molecule has 1 aliphatic rings. The van der Waals surface area contributed by atoms with Crippen molar-refractivity contribution in [2.24, 2.45) is 5.92 Å². The van der Waals surface area contributed by atoms with Crippen molar-refractivity contribution in [2.45, 2.75) is 32.2 Å². The van der Waals surface area contributed by atoms with Gasteiger partial charge in [0.2, 0.25) is 5.91 Å². The minimum absolute atomic E-state index is 0.0547. The monoisotopic (exact) mass is 318 g/mol. The van der Waals surface area contributed by atoms with Gasteiger partial charge in [0.05, 0.1) is 12.5 Å². The fourth-order valence-corrected chi connectivity index (χ4v) is 3.11. The highest BCUT2D eigenvalue weighted by Gasteiger charge is 2.34. The fourth-order valence-electron chi connectivity index (χ4n) is 3.11. The second-order valence-corrected chi connectivity index (χ2v) is 5.62. The number of aliphatic carboxylic acids is 1. The van der Waals surface area contributed by atoms with Gasteiger partial charge in [-0.15, -0.1) is 0 Å². The molecular weight excluding hydrogens is 296 g/mol. The number of carboxylic acid groups (broad SMARTS) is 1. The molecule has 1 aromatic carbocycles. The van der Waals surface area contributed by atoms with E-state index in [1.54, 1.807) is 4.90 Å². The van der Waals surface area contributed by atoms with Crippen molar-refractivity contribution in [3.05, 3.63) is 29.8 Å². The second kappa shape index (κ2) is 7.76. The van der Waals surface area contributed by atoms with Gasteiger partial charge in [-0.1, -0.05) is 18.2 Å². The van der Waals surface area contributed by atoms with E-state index in [-0.39, 0.29) is 30.7 Å². The van der Waals surface area contributed by atoms with Crippen LogP contribution < -0.4 is 5.32 Å². The minimum Gasteiger partial charge on any atom is -0.481 e. The number of carbonyl (C=O) groups is 3. The minimum atomic E-state index is -0.996. The van der Waals surface area contributed by atoms with Crippen LogP contribution in [0, 0.1) is 5.92 Å². The Morgan fingerprint density at radius 2 is 2.09 bits per heavy atom. The van der Waals surface area contributed by atoms with Gasteiger partial charge >= 0.3 is 5.97 Å². The lowest BCUT2D eigenvalue weighted by molar-refractivity contribution is -0.142. The number of hydrogen-bond acceptors (Lipinski definition) is 4. The molecule has 1 amide bonds. The highest BCUT2D eigenvalue weighted by molar-refractivity contribution is 5.82. The molecule has 0 aromatic heterocycles. The maximum atomic E-state index is 12.5. The molecule has 0 spiro atoms. The second-order valence-electron chi connectivity index (χ2n) is 5.62. The van der Waals surface area contributed by atoms with Crippen LogP contribution in [0.4, 0.5) is 5.69 Å². The standard InChI is InChI=1S/C17H22N2O4/c1-2-19(15(21)7-8-16(22)23)17-12(11-20)9-10-18-14-6-4-3-5-13(14)17/h3-6,11-12,17-18H,2,7-10H2,1H3,(H,22,23). The Morgan fingerprint density at radius 1 is 1.35 bits per heavy atom. The van der Waals surface area contributed by atoms with Crippen molar-refractivity contribution < 1.29 is 19.5 Å². The molecule has 0 fully saturated rings. The summed E-state index contributed by atoms with van der Waals surface area (Å²) in [6.45, 7) is 2.95. The average Bonchev–Trinajstić information content (AvgIpc) is 2.73. The third-order valence-electron chi connectivity index (χ3n) is 4.20. The highest BCUT2D eigenvalue weighted by Crippen LogP contribution is 2.37. The number of rotatable bonds is 6. The van der Waals surface area contributed by atoms with Gasteiger partial charge in [0.15, 0.2) is 0 Å². The van der Waals surface area contributed by atoms with Crippen LogP contribution in [0.15, 0.2) is 24.3 Å². The summed E-state index contributed by atoms with van der Waals surface area (Å²) in [5, 5.41) is 12.1. The molecule has 0 saturated carbocycles. The molecule has 124 valence electrons. The summed E-state index contributed by atoms with van der Waals surface area (Å²) >= 11 is 0. The lowest BCUT2D eigenvalue weighted by atomic mass is 9.90. The summed E-state index contributed by atoms with van der Waals surface area (Å²) in [7, 11) is 0. The van der Waals surface area contributed by atoms with Crippen LogP contribution in [0.1, 0.15) is 37.8 Å². The summed E-state index contributed by atoms with van der Waals surface area (Å²) in [6.07, 6.45) is 1.28. The SMILES string of the molecule is CCN(C(=O)CCC(=O)O)C1c2ccccc2NCCC1C=O. The van der Waals surface area contributed by atoms with Crippen molar-refractivity contribution in [3.63, 3.8) is 0 Å². The third kappa shape index (κ3) is 3.88. The maximum absolute atomic E-state index is 12.5. The van der Waals surface area contributed by atoms with E-state index in [0.717, 1.165) is 17.5 Å². The Hall–Kier alpha value is -2.37. The van der Waals surface area contributed by atoms with Gasteiger partial charge in [-0.2, -0.15) is 0 Å². The highest BCUT2D eigenvalue weighted by atomic mass is 16.4. The van der Waals surface area contributed by atoms with Gasteiger partial charge in [0.1, 0.15) is 6.29 Å². The van der Waals surface area contributed by atoms with Gasteiger partial charge in [0, 0.05) is 31.1 Å².